The van der Waals surface area contributed by atoms with Crippen molar-refractivity contribution in [3.05, 3.63) is 29.8 Å². The normalized spacial score (nSPS) is 32.1. The molecular weight excluding hydrogens is 306 g/mol. The van der Waals surface area contributed by atoms with Crippen LogP contribution < -0.4 is 4.74 Å². The van der Waals surface area contributed by atoms with Crippen LogP contribution >= 0.6 is 0 Å². The minimum atomic E-state index is 0.124. The maximum atomic E-state index is 5.78. The van der Waals surface area contributed by atoms with E-state index in [1.807, 2.05) is 7.11 Å². The molecule has 2 fully saturated rings. The molecule has 3 unspecified atom stereocenters. The van der Waals surface area contributed by atoms with E-state index in [9.17, 15) is 0 Å². The first-order valence-corrected chi connectivity index (χ1v) is 10.3. The second-order valence-corrected chi connectivity index (χ2v) is 8.91. The Kier molecular flexibility index (Phi) is 5.48. The van der Waals surface area contributed by atoms with Gasteiger partial charge in [-0.15, -0.1) is 0 Å². The Morgan fingerprint density at radius 1 is 1.04 bits per heavy atom. The van der Waals surface area contributed by atoms with Crippen LogP contribution in [0.3, 0.4) is 0 Å². The molecular formula is C23H37NO. The second kappa shape index (κ2) is 7.31. The van der Waals surface area contributed by atoms with Crippen molar-refractivity contribution in [1.29, 1.82) is 0 Å². The molecule has 0 bridgehead atoms. The summed E-state index contributed by atoms with van der Waals surface area (Å²) in [5.74, 6) is 1.92. The number of nitrogens with zero attached hydrogens (tertiary/aromatic N) is 1. The molecule has 3 atom stereocenters. The summed E-state index contributed by atoms with van der Waals surface area (Å²) in [5.41, 5.74) is 1.69. The summed E-state index contributed by atoms with van der Waals surface area (Å²) in [6.45, 7) is 7.48. The van der Waals surface area contributed by atoms with E-state index >= 15 is 0 Å². The van der Waals surface area contributed by atoms with Crippen LogP contribution in [0.2, 0.25) is 0 Å². The minimum Gasteiger partial charge on any atom is -0.496 e. The van der Waals surface area contributed by atoms with Crippen molar-refractivity contribution >= 4 is 0 Å². The molecule has 0 aliphatic heterocycles. The lowest BCUT2D eigenvalue weighted by Gasteiger charge is -2.57. The molecule has 2 aliphatic rings. The molecule has 140 valence electrons. The van der Waals surface area contributed by atoms with E-state index in [4.69, 9.17) is 4.74 Å². The van der Waals surface area contributed by atoms with Gasteiger partial charge in [-0.25, -0.2) is 0 Å². The topological polar surface area (TPSA) is 12.5 Å². The predicted octanol–water partition coefficient (Wildman–Crippen LogP) is 5.80. The summed E-state index contributed by atoms with van der Waals surface area (Å²) < 4.78 is 5.78. The first-order chi connectivity index (χ1) is 11.9. The molecule has 2 nitrogen and oxygen atoms in total. The first-order valence-electron chi connectivity index (χ1n) is 10.3. The Morgan fingerprint density at radius 2 is 1.68 bits per heavy atom. The zero-order valence-corrected chi connectivity index (χ0v) is 17.0. The van der Waals surface area contributed by atoms with Crippen LogP contribution in [0.5, 0.6) is 5.75 Å². The third-order valence-corrected chi connectivity index (χ3v) is 7.95. The van der Waals surface area contributed by atoms with Crippen molar-refractivity contribution in [2.24, 2.45) is 5.92 Å². The summed E-state index contributed by atoms with van der Waals surface area (Å²) in [4.78, 5) is 2.74. The largest absolute Gasteiger partial charge is 0.496 e. The predicted molar refractivity (Wildman–Crippen MR) is 106 cm³/mol. The van der Waals surface area contributed by atoms with Gasteiger partial charge < -0.3 is 4.74 Å². The molecule has 2 saturated carbocycles. The molecule has 0 spiro atoms. The van der Waals surface area contributed by atoms with Crippen molar-refractivity contribution in [1.82, 2.24) is 4.90 Å². The van der Waals surface area contributed by atoms with Crippen LogP contribution in [0.1, 0.15) is 77.7 Å². The van der Waals surface area contributed by atoms with Crippen molar-refractivity contribution in [2.45, 2.75) is 89.1 Å². The molecule has 0 radical (unpaired) electrons. The fraction of sp³-hybridized carbons (Fsp3) is 0.739. The van der Waals surface area contributed by atoms with E-state index in [0.717, 1.165) is 11.7 Å². The fourth-order valence-electron chi connectivity index (χ4n) is 5.79. The van der Waals surface area contributed by atoms with Gasteiger partial charge in [-0.3, -0.25) is 4.90 Å². The maximum absolute atomic E-state index is 5.78. The second-order valence-electron chi connectivity index (χ2n) is 8.91. The highest BCUT2D eigenvalue weighted by Crippen LogP contribution is 2.52. The van der Waals surface area contributed by atoms with Crippen LogP contribution in [-0.4, -0.2) is 30.6 Å². The van der Waals surface area contributed by atoms with Crippen LogP contribution in [-0.2, 0) is 5.41 Å². The monoisotopic (exact) mass is 343 g/mol. The molecule has 0 heterocycles. The molecule has 0 amide bonds. The zero-order valence-electron chi connectivity index (χ0n) is 17.0. The van der Waals surface area contributed by atoms with Crippen molar-refractivity contribution in [2.75, 3.05) is 14.2 Å². The van der Waals surface area contributed by atoms with Gasteiger partial charge in [0.25, 0.3) is 0 Å². The molecule has 2 heteroatoms. The SMILES string of the molecule is COc1ccccc1C1(C)CCCCC1(C)N(C)C(C)C1CCCC1. The molecule has 2 aliphatic carbocycles. The van der Waals surface area contributed by atoms with Crippen LogP contribution in [0.25, 0.3) is 0 Å². The number of likely N-dealkylation sites (N-methyl/N-ethyl adjacent to an activating group) is 1. The fourth-order valence-corrected chi connectivity index (χ4v) is 5.79. The van der Waals surface area contributed by atoms with Gasteiger partial charge in [-0.1, -0.05) is 50.8 Å². The number of hydrogen-bond acceptors (Lipinski definition) is 2. The molecule has 1 aromatic rings. The van der Waals surface area contributed by atoms with Crippen LogP contribution in [0.15, 0.2) is 24.3 Å². The first kappa shape index (κ1) is 18.8. The Labute approximate surface area is 154 Å². The zero-order chi connectivity index (χ0) is 18.1. The maximum Gasteiger partial charge on any atom is 0.122 e. The third-order valence-electron chi connectivity index (χ3n) is 7.95. The highest BCUT2D eigenvalue weighted by atomic mass is 16.5. The molecule has 1 aromatic carbocycles. The van der Waals surface area contributed by atoms with Gasteiger partial charge in [0.05, 0.1) is 7.11 Å². The van der Waals surface area contributed by atoms with Crippen molar-refractivity contribution < 1.29 is 4.74 Å². The molecule has 3 rings (SSSR count). The summed E-state index contributed by atoms with van der Waals surface area (Å²) in [6, 6.07) is 9.36. The van der Waals surface area contributed by atoms with E-state index in [2.05, 4.69) is 57.0 Å². The average molecular weight is 344 g/mol. The Hall–Kier alpha value is -1.02. The summed E-state index contributed by atoms with van der Waals surface area (Å²) in [7, 11) is 4.20. The Bertz CT molecular complexity index is 579. The number of methoxy groups -OCH3 is 1. The molecule has 0 N–H and O–H groups in total. The van der Waals surface area contributed by atoms with E-state index in [1.165, 1.54) is 56.9 Å². The average Bonchev–Trinajstić information content (AvgIpc) is 3.17. The summed E-state index contributed by atoms with van der Waals surface area (Å²) in [5, 5.41) is 0. The van der Waals surface area contributed by atoms with Crippen LogP contribution in [0, 0.1) is 5.92 Å². The van der Waals surface area contributed by atoms with Gasteiger partial charge in [0, 0.05) is 22.6 Å². The summed E-state index contributed by atoms with van der Waals surface area (Å²) >= 11 is 0. The van der Waals surface area contributed by atoms with Crippen molar-refractivity contribution in [3.8, 4) is 5.75 Å². The van der Waals surface area contributed by atoms with Gasteiger partial charge in [0.15, 0.2) is 0 Å². The van der Waals surface area contributed by atoms with Gasteiger partial charge in [-0.2, -0.15) is 0 Å². The van der Waals surface area contributed by atoms with Crippen molar-refractivity contribution in [3.63, 3.8) is 0 Å². The number of para-hydroxylation sites is 1. The third kappa shape index (κ3) is 3.12. The number of benzene rings is 1. The Morgan fingerprint density at radius 3 is 2.36 bits per heavy atom. The van der Waals surface area contributed by atoms with E-state index in [0.29, 0.717) is 6.04 Å². The van der Waals surface area contributed by atoms with Gasteiger partial charge in [0.1, 0.15) is 5.75 Å². The number of hydrogen-bond donors (Lipinski definition) is 0. The summed E-state index contributed by atoms with van der Waals surface area (Å²) in [6.07, 6.45) is 10.8. The highest BCUT2D eigenvalue weighted by Gasteiger charge is 2.52. The highest BCUT2D eigenvalue weighted by molar-refractivity contribution is 5.42. The van der Waals surface area contributed by atoms with Gasteiger partial charge in [-0.05, 0) is 58.6 Å². The van der Waals surface area contributed by atoms with Gasteiger partial charge >= 0.3 is 0 Å². The smallest absolute Gasteiger partial charge is 0.122 e. The molecule has 0 saturated heterocycles. The minimum absolute atomic E-state index is 0.124. The number of rotatable bonds is 5. The molecule has 25 heavy (non-hydrogen) atoms. The lowest BCUT2D eigenvalue weighted by molar-refractivity contribution is -0.0230. The number of ether oxygens (including phenoxy) is 1. The lowest BCUT2D eigenvalue weighted by Crippen LogP contribution is -2.62. The van der Waals surface area contributed by atoms with E-state index in [-0.39, 0.29) is 11.0 Å². The van der Waals surface area contributed by atoms with E-state index < -0.39 is 0 Å². The quantitative estimate of drug-likeness (QED) is 0.670. The standard InChI is InChI=1S/C23H37NO/c1-18(19-12-6-7-13-19)24(4)23(3)17-11-10-16-22(23,2)20-14-8-9-15-21(20)25-5/h8-9,14-15,18-19H,6-7,10-13,16-17H2,1-5H3. The molecule has 0 aromatic heterocycles. The van der Waals surface area contributed by atoms with Gasteiger partial charge in [0.2, 0.25) is 0 Å². The Balaban J connectivity index is 1.98. The van der Waals surface area contributed by atoms with E-state index in [1.54, 1.807) is 0 Å². The lowest BCUT2D eigenvalue weighted by atomic mass is 9.58. The van der Waals surface area contributed by atoms with Crippen LogP contribution in [0.4, 0.5) is 0 Å².